The lowest BCUT2D eigenvalue weighted by atomic mass is 10.0. The number of nitrogens with one attached hydrogen (secondary N) is 3. The molecule has 1 atom stereocenters. The van der Waals surface area contributed by atoms with Crippen molar-refractivity contribution in [3.8, 4) is 6.07 Å². The van der Waals surface area contributed by atoms with Crippen LogP contribution in [0.1, 0.15) is 22.9 Å². The van der Waals surface area contributed by atoms with E-state index in [1.165, 1.54) is 6.20 Å². The number of pyridine rings is 3. The molecule has 0 bridgehead atoms. The Morgan fingerprint density at radius 1 is 1.03 bits per heavy atom. The molecule has 0 saturated carbocycles. The van der Waals surface area contributed by atoms with Crippen LogP contribution in [0, 0.1) is 23.1 Å². The maximum Gasteiger partial charge on any atom is 0.249 e. The van der Waals surface area contributed by atoms with Gasteiger partial charge in [0, 0.05) is 35.1 Å². The lowest BCUT2D eigenvalue weighted by molar-refractivity contribution is 0.480. The Labute approximate surface area is 212 Å². The summed E-state index contributed by atoms with van der Waals surface area (Å²) >= 11 is 12.9. The zero-order chi connectivity index (χ0) is 25.2. The van der Waals surface area contributed by atoms with E-state index in [4.69, 9.17) is 23.2 Å². The van der Waals surface area contributed by atoms with Gasteiger partial charge < -0.3 is 10.6 Å². The van der Waals surface area contributed by atoms with Crippen LogP contribution in [0.15, 0.2) is 55.1 Å². The molecule has 0 aliphatic rings. The molecule has 9 nitrogen and oxygen atoms in total. The van der Waals surface area contributed by atoms with E-state index in [-0.39, 0.29) is 21.4 Å². The first-order chi connectivity index (χ1) is 17.4. The van der Waals surface area contributed by atoms with Gasteiger partial charge in [-0.05, 0) is 18.2 Å². The predicted octanol–water partition coefficient (Wildman–Crippen LogP) is 5.54. The third kappa shape index (κ3) is 4.47. The van der Waals surface area contributed by atoms with E-state index in [2.05, 4.69) is 41.0 Å². The predicted molar refractivity (Wildman–Crippen MR) is 130 cm³/mol. The fourth-order valence-corrected chi connectivity index (χ4v) is 4.13. The first kappa shape index (κ1) is 23.3. The molecule has 0 aliphatic carbocycles. The molecule has 0 radical (unpaired) electrons. The molecule has 4 aromatic heterocycles. The molecule has 0 unspecified atom stereocenters. The topological polar surface area (TPSA) is 128 Å². The van der Waals surface area contributed by atoms with Crippen molar-refractivity contribution in [3.05, 3.63) is 93.9 Å². The van der Waals surface area contributed by atoms with Crippen molar-refractivity contribution in [1.82, 2.24) is 30.4 Å². The molecule has 13 heteroatoms. The molecule has 0 fully saturated rings. The monoisotopic (exact) mass is 523 g/mol. The van der Waals surface area contributed by atoms with Crippen molar-refractivity contribution >= 4 is 51.2 Å². The number of H-pyrrole nitrogens is 1. The summed E-state index contributed by atoms with van der Waals surface area (Å²) in [7, 11) is 0. The highest BCUT2D eigenvalue weighted by Gasteiger charge is 2.22. The van der Waals surface area contributed by atoms with Crippen molar-refractivity contribution in [3.63, 3.8) is 0 Å². The summed E-state index contributed by atoms with van der Waals surface area (Å²) in [4.78, 5) is 11.8. The number of aromatic nitrogens is 6. The Bertz CT molecular complexity index is 1620. The molecule has 36 heavy (non-hydrogen) atoms. The molecular weight excluding hydrogens is 511 g/mol. The molecule has 1 aromatic carbocycles. The minimum atomic E-state index is -1.23. The molecule has 0 saturated heterocycles. The van der Waals surface area contributed by atoms with Crippen molar-refractivity contribution in [2.24, 2.45) is 0 Å². The van der Waals surface area contributed by atoms with Gasteiger partial charge in [0.2, 0.25) is 5.95 Å². The first-order valence-electron chi connectivity index (χ1n) is 10.3. The Morgan fingerprint density at radius 3 is 2.61 bits per heavy atom. The van der Waals surface area contributed by atoms with Gasteiger partial charge in [-0.25, -0.2) is 14.4 Å². The lowest BCUT2D eigenvalue weighted by Gasteiger charge is -2.20. The summed E-state index contributed by atoms with van der Waals surface area (Å²) in [5.41, 5.74) is 2.67. The van der Waals surface area contributed by atoms with Crippen LogP contribution in [-0.4, -0.2) is 30.4 Å². The van der Waals surface area contributed by atoms with Crippen LogP contribution in [0.3, 0.4) is 0 Å². The number of halogens is 4. The summed E-state index contributed by atoms with van der Waals surface area (Å²) in [6.45, 7) is 0. The van der Waals surface area contributed by atoms with Gasteiger partial charge in [-0.2, -0.15) is 25.1 Å². The van der Waals surface area contributed by atoms with Crippen LogP contribution in [0.2, 0.25) is 10.2 Å². The summed E-state index contributed by atoms with van der Waals surface area (Å²) in [6.07, 6.45) is 5.56. The third-order valence-corrected chi connectivity index (χ3v) is 5.85. The Kier molecular flexibility index (Phi) is 6.28. The summed E-state index contributed by atoms with van der Waals surface area (Å²) in [5.74, 6) is -2.37. The van der Waals surface area contributed by atoms with Crippen LogP contribution in [0.25, 0.3) is 10.9 Å². The number of nitriles is 1. The van der Waals surface area contributed by atoms with Gasteiger partial charge in [-0.15, -0.1) is 0 Å². The maximum absolute atomic E-state index is 13.8. The summed E-state index contributed by atoms with van der Waals surface area (Å²) in [5, 5.41) is 27.6. The van der Waals surface area contributed by atoms with Gasteiger partial charge in [0.1, 0.15) is 23.0 Å². The largest absolute Gasteiger partial charge is 0.373 e. The van der Waals surface area contributed by atoms with E-state index in [0.29, 0.717) is 33.5 Å². The molecular formula is C23H13Cl2F2N9. The number of rotatable bonds is 6. The number of nitrogens with zero attached hydrogens (tertiary/aromatic N) is 6. The summed E-state index contributed by atoms with van der Waals surface area (Å²) < 4.78 is 27.1. The van der Waals surface area contributed by atoms with Crippen LogP contribution in [0.4, 0.5) is 25.8 Å². The Balaban J connectivity index is 1.63. The van der Waals surface area contributed by atoms with Crippen molar-refractivity contribution < 1.29 is 8.78 Å². The number of hydrogen-bond donors (Lipinski definition) is 3. The van der Waals surface area contributed by atoms with Gasteiger partial charge >= 0.3 is 0 Å². The second-order valence-electron chi connectivity index (χ2n) is 7.49. The van der Waals surface area contributed by atoms with E-state index < -0.39 is 17.8 Å². The number of benzene rings is 1. The van der Waals surface area contributed by atoms with Crippen LogP contribution < -0.4 is 10.6 Å². The van der Waals surface area contributed by atoms with Crippen molar-refractivity contribution in [1.29, 1.82) is 5.26 Å². The molecule has 4 heterocycles. The molecule has 3 N–H and O–H groups in total. The molecule has 0 aliphatic heterocycles. The third-order valence-electron chi connectivity index (χ3n) is 5.25. The number of anilines is 3. The standard InChI is InChI=1S/C23H13Cl2F2N9/c24-16-5-12(33-21(18-10-32-36-35-18)14-2-1-3-29-22(14)25)4-15-19(11(7-28)8-30-20(15)16)34-13-6-17(26)23(27)31-9-13/h1-6,8-10,21,33H,(H,30,34)(H,32,35,36)/t21-/m0/s1. The van der Waals surface area contributed by atoms with Gasteiger partial charge in [-0.1, -0.05) is 29.3 Å². The van der Waals surface area contributed by atoms with Gasteiger partial charge in [-0.3, -0.25) is 4.98 Å². The van der Waals surface area contributed by atoms with Crippen LogP contribution >= 0.6 is 23.2 Å². The normalized spacial score (nSPS) is 11.8. The lowest BCUT2D eigenvalue weighted by Crippen LogP contribution is -2.14. The Morgan fingerprint density at radius 2 is 1.89 bits per heavy atom. The number of aromatic amines is 1. The van der Waals surface area contributed by atoms with Crippen LogP contribution in [-0.2, 0) is 0 Å². The average Bonchev–Trinajstić information content (AvgIpc) is 3.40. The molecule has 0 amide bonds. The first-order valence-corrected chi connectivity index (χ1v) is 11.0. The number of hydrogen-bond acceptors (Lipinski definition) is 8. The van der Waals surface area contributed by atoms with Gasteiger partial charge in [0.15, 0.2) is 5.82 Å². The maximum atomic E-state index is 13.8. The smallest absolute Gasteiger partial charge is 0.249 e. The van der Waals surface area contributed by atoms with E-state index in [9.17, 15) is 14.0 Å². The van der Waals surface area contributed by atoms with Gasteiger partial charge in [0.25, 0.3) is 0 Å². The van der Waals surface area contributed by atoms with E-state index in [1.807, 2.05) is 6.07 Å². The second-order valence-corrected chi connectivity index (χ2v) is 8.26. The zero-order valence-electron chi connectivity index (χ0n) is 18.0. The number of fused-ring (bicyclic) bond motifs is 1. The van der Waals surface area contributed by atoms with Gasteiger partial charge in [0.05, 0.1) is 39.9 Å². The zero-order valence-corrected chi connectivity index (χ0v) is 19.5. The minimum Gasteiger partial charge on any atom is -0.373 e. The van der Waals surface area contributed by atoms with E-state index in [1.54, 1.807) is 36.7 Å². The molecule has 5 aromatic rings. The highest BCUT2D eigenvalue weighted by molar-refractivity contribution is 6.36. The second kappa shape index (κ2) is 9.69. The SMILES string of the molecule is N#Cc1cnc2c(Cl)cc(N[C@H](c3cn[nH]n3)c3cccnc3Cl)cc2c1Nc1cnc(F)c(F)c1. The highest BCUT2D eigenvalue weighted by Crippen LogP contribution is 2.37. The van der Waals surface area contributed by atoms with Crippen molar-refractivity contribution in [2.75, 3.05) is 10.6 Å². The summed E-state index contributed by atoms with van der Waals surface area (Å²) in [6, 6.07) is 9.32. The van der Waals surface area contributed by atoms with E-state index in [0.717, 1.165) is 12.3 Å². The minimum absolute atomic E-state index is 0.134. The fourth-order valence-electron chi connectivity index (χ4n) is 3.64. The van der Waals surface area contributed by atoms with E-state index >= 15 is 0 Å². The van der Waals surface area contributed by atoms with Crippen LogP contribution in [0.5, 0.6) is 0 Å². The molecule has 178 valence electrons. The highest BCUT2D eigenvalue weighted by atomic mass is 35.5. The molecule has 5 rings (SSSR count). The fraction of sp³-hybridized carbons (Fsp3) is 0.0435. The van der Waals surface area contributed by atoms with Crippen molar-refractivity contribution in [2.45, 2.75) is 6.04 Å². The Hall–Kier alpha value is -4.40. The quantitative estimate of drug-likeness (QED) is 0.247. The average molecular weight is 524 g/mol. The molecule has 0 spiro atoms.